The first-order valence-electron chi connectivity index (χ1n) is 8.88. The molecule has 0 N–H and O–H groups in total. The summed E-state index contributed by atoms with van der Waals surface area (Å²) in [6.45, 7) is 5.81. The summed E-state index contributed by atoms with van der Waals surface area (Å²) in [6.07, 6.45) is 0.846. The van der Waals surface area contributed by atoms with Crippen molar-refractivity contribution < 1.29 is 18.1 Å². The average Bonchev–Trinajstić information content (AvgIpc) is 2.65. The lowest BCUT2D eigenvalue weighted by molar-refractivity contribution is 0.297. The number of benzene rings is 3. The molecule has 0 amide bonds. The molecule has 3 aromatic rings. The van der Waals surface area contributed by atoms with E-state index in [1.54, 1.807) is 18.2 Å². The molecule has 5 heteroatoms. The van der Waals surface area contributed by atoms with Crippen molar-refractivity contribution in [2.75, 3.05) is 0 Å². The van der Waals surface area contributed by atoms with E-state index in [2.05, 4.69) is 0 Å². The van der Waals surface area contributed by atoms with Gasteiger partial charge in [-0.3, -0.25) is 0 Å². The maximum Gasteiger partial charge on any atom is 0.647 e. The standard InChI is InChI=1S/C22H23O4P/c1-4-19-12-9-13-20(16-19)24-27(23,25-21-14-7-5-10-17(21)2)26-22-15-8-6-11-18(22)3/h5-16H,4H2,1-3H3. The van der Waals surface area contributed by atoms with E-state index in [-0.39, 0.29) is 0 Å². The van der Waals surface area contributed by atoms with Gasteiger partial charge < -0.3 is 13.6 Å². The van der Waals surface area contributed by atoms with Gasteiger partial charge in [0.15, 0.2) is 0 Å². The van der Waals surface area contributed by atoms with Gasteiger partial charge in [-0.15, -0.1) is 0 Å². The summed E-state index contributed by atoms with van der Waals surface area (Å²) in [6, 6.07) is 22.1. The lowest BCUT2D eigenvalue weighted by Crippen LogP contribution is -2.09. The summed E-state index contributed by atoms with van der Waals surface area (Å²) >= 11 is 0. The summed E-state index contributed by atoms with van der Waals surface area (Å²) in [5.74, 6) is 1.36. The van der Waals surface area contributed by atoms with E-state index in [9.17, 15) is 4.57 Å². The number of phosphoric ester groups is 1. The zero-order valence-electron chi connectivity index (χ0n) is 15.7. The Morgan fingerprint density at radius 2 is 1.30 bits per heavy atom. The van der Waals surface area contributed by atoms with E-state index in [0.717, 1.165) is 23.1 Å². The van der Waals surface area contributed by atoms with Gasteiger partial charge in [-0.25, -0.2) is 0 Å². The largest absolute Gasteiger partial charge is 0.647 e. The van der Waals surface area contributed by atoms with Crippen LogP contribution in [-0.4, -0.2) is 0 Å². The van der Waals surface area contributed by atoms with E-state index in [1.807, 2.05) is 75.4 Å². The van der Waals surface area contributed by atoms with E-state index >= 15 is 0 Å². The number of hydrogen-bond acceptors (Lipinski definition) is 4. The molecule has 3 aromatic carbocycles. The van der Waals surface area contributed by atoms with Crippen molar-refractivity contribution in [3.05, 3.63) is 89.5 Å². The lowest BCUT2D eigenvalue weighted by Gasteiger charge is -2.21. The molecule has 0 heterocycles. The van der Waals surface area contributed by atoms with E-state index < -0.39 is 7.82 Å². The molecule has 0 unspecified atom stereocenters. The van der Waals surface area contributed by atoms with Gasteiger partial charge in [0.05, 0.1) is 0 Å². The van der Waals surface area contributed by atoms with Crippen molar-refractivity contribution in [2.45, 2.75) is 27.2 Å². The van der Waals surface area contributed by atoms with Crippen LogP contribution < -0.4 is 13.6 Å². The molecular weight excluding hydrogens is 359 g/mol. The van der Waals surface area contributed by atoms with Crippen molar-refractivity contribution in [3.63, 3.8) is 0 Å². The minimum Gasteiger partial charge on any atom is -0.386 e. The monoisotopic (exact) mass is 382 g/mol. The van der Waals surface area contributed by atoms with Gasteiger partial charge in [-0.05, 0) is 61.2 Å². The molecule has 0 aliphatic heterocycles. The zero-order valence-corrected chi connectivity index (χ0v) is 16.6. The van der Waals surface area contributed by atoms with Gasteiger partial charge >= 0.3 is 7.82 Å². The minimum absolute atomic E-state index is 0.444. The molecule has 140 valence electrons. The van der Waals surface area contributed by atoms with Crippen LogP contribution in [0.2, 0.25) is 0 Å². The number of hydrogen-bond donors (Lipinski definition) is 0. The lowest BCUT2D eigenvalue weighted by atomic mass is 10.2. The highest BCUT2D eigenvalue weighted by atomic mass is 31.2. The highest BCUT2D eigenvalue weighted by Gasteiger charge is 2.34. The second-order valence-electron chi connectivity index (χ2n) is 6.25. The van der Waals surface area contributed by atoms with Crippen molar-refractivity contribution in [1.29, 1.82) is 0 Å². The summed E-state index contributed by atoms with van der Waals surface area (Å²) in [4.78, 5) is 0. The van der Waals surface area contributed by atoms with Gasteiger partial charge in [0.2, 0.25) is 0 Å². The predicted molar refractivity (Wildman–Crippen MR) is 108 cm³/mol. The van der Waals surface area contributed by atoms with Gasteiger partial charge in [-0.2, -0.15) is 4.57 Å². The molecule has 0 bridgehead atoms. The Kier molecular flexibility index (Phi) is 5.88. The Morgan fingerprint density at radius 3 is 1.81 bits per heavy atom. The fraction of sp³-hybridized carbons (Fsp3) is 0.182. The van der Waals surface area contributed by atoms with Crippen molar-refractivity contribution in [3.8, 4) is 17.2 Å². The second kappa shape index (κ2) is 8.32. The number of phosphoric acid groups is 1. The first-order chi connectivity index (χ1) is 13.0. The minimum atomic E-state index is -3.97. The zero-order chi connectivity index (χ0) is 19.3. The van der Waals surface area contributed by atoms with Gasteiger partial charge in [0.1, 0.15) is 17.2 Å². The van der Waals surface area contributed by atoms with Gasteiger partial charge in [-0.1, -0.05) is 55.5 Å². The third-order valence-corrected chi connectivity index (χ3v) is 5.41. The fourth-order valence-electron chi connectivity index (χ4n) is 2.57. The van der Waals surface area contributed by atoms with Crippen molar-refractivity contribution in [2.24, 2.45) is 0 Å². The van der Waals surface area contributed by atoms with E-state index in [0.29, 0.717) is 17.2 Å². The van der Waals surface area contributed by atoms with Gasteiger partial charge in [0, 0.05) is 0 Å². The van der Waals surface area contributed by atoms with Crippen LogP contribution in [0, 0.1) is 13.8 Å². The fourth-order valence-corrected chi connectivity index (χ4v) is 3.94. The molecule has 0 aliphatic carbocycles. The molecule has 27 heavy (non-hydrogen) atoms. The van der Waals surface area contributed by atoms with Crippen molar-refractivity contribution in [1.82, 2.24) is 0 Å². The third kappa shape index (κ3) is 4.93. The summed E-state index contributed by atoms with van der Waals surface area (Å²) in [5.41, 5.74) is 2.76. The highest BCUT2D eigenvalue weighted by molar-refractivity contribution is 7.49. The first kappa shape index (κ1) is 19.1. The Morgan fingerprint density at radius 1 is 0.741 bits per heavy atom. The molecule has 0 saturated carbocycles. The quantitative estimate of drug-likeness (QED) is 0.437. The first-order valence-corrected chi connectivity index (χ1v) is 10.3. The van der Waals surface area contributed by atoms with Crippen LogP contribution in [0.1, 0.15) is 23.6 Å². The van der Waals surface area contributed by atoms with Crippen LogP contribution >= 0.6 is 7.82 Å². The number of rotatable bonds is 7. The molecule has 0 saturated heterocycles. The average molecular weight is 382 g/mol. The van der Waals surface area contributed by atoms with Crippen LogP contribution in [0.5, 0.6) is 17.2 Å². The van der Waals surface area contributed by atoms with Crippen LogP contribution in [0.4, 0.5) is 0 Å². The van der Waals surface area contributed by atoms with Gasteiger partial charge in [0.25, 0.3) is 0 Å². The second-order valence-corrected chi connectivity index (χ2v) is 7.70. The summed E-state index contributed by atoms with van der Waals surface area (Å²) in [7, 11) is -3.97. The third-order valence-electron chi connectivity index (χ3n) is 4.13. The maximum atomic E-state index is 13.6. The molecule has 0 aromatic heterocycles. The Bertz CT molecular complexity index is 916. The number of para-hydroxylation sites is 2. The molecule has 3 rings (SSSR count). The van der Waals surface area contributed by atoms with Crippen LogP contribution in [-0.2, 0) is 11.0 Å². The highest BCUT2D eigenvalue weighted by Crippen LogP contribution is 2.50. The van der Waals surface area contributed by atoms with Crippen LogP contribution in [0.15, 0.2) is 72.8 Å². The molecule has 4 nitrogen and oxygen atoms in total. The Labute approximate surface area is 160 Å². The Hall–Kier alpha value is -2.71. The van der Waals surface area contributed by atoms with E-state index in [4.69, 9.17) is 13.6 Å². The summed E-state index contributed by atoms with van der Waals surface area (Å²) < 4.78 is 30.9. The SMILES string of the molecule is CCc1cccc(OP(=O)(Oc2ccccc2C)Oc2ccccc2C)c1. The Balaban J connectivity index is 1.95. The number of aryl methyl sites for hydroxylation is 3. The van der Waals surface area contributed by atoms with Crippen molar-refractivity contribution >= 4 is 7.82 Å². The molecule has 0 fully saturated rings. The molecule has 0 spiro atoms. The van der Waals surface area contributed by atoms with Crippen LogP contribution in [0.25, 0.3) is 0 Å². The summed E-state index contributed by atoms with van der Waals surface area (Å²) in [5, 5.41) is 0. The molecule has 0 atom stereocenters. The normalized spacial score (nSPS) is 11.1. The predicted octanol–water partition coefficient (Wildman–Crippen LogP) is 6.51. The molecule has 0 radical (unpaired) electrons. The smallest absolute Gasteiger partial charge is 0.386 e. The molecule has 0 aliphatic rings. The van der Waals surface area contributed by atoms with E-state index in [1.165, 1.54) is 0 Å². The topological polar surface area (TPSA) is 44.8 Å². The maximum absolute atomic E-state index is 13.6. The molecular formula is C22H23O4P. The van der Waals surface area contributed by atoms with Crippen LogP contribution in [0.3, 0.4) is 0 Å².